The smallest absolute Gasteiger partial charge is 0.422 e. The fourth-order valence-corrected chi connectivity index (χ4v) is 3.31. The van der Waals surface area contributed by atoms with Crippen molar-refractivity contribution in [2.75, 3.05) is 18.4 Å². The van der Waals surface area contributed by atoms with E-state index in [0.29, 0.717) is 6.07 Å². The number of anilines is 1. The summed E-state index contributed by atoms with van der Waals surface area (Å²) in [6, 6.07) is 2.35. The average Bonchev–Trinajstić information content (AvgIpc) is 2.60. The molecule has 0 fully saturated rings. The Kier molecular flexibility index (Phi) is 6.15. The third-order valence-electron chi connectivity index (χ3n) is 3.24. The van der Waals surface area contributed by atoms with Gasteiger partial charge in [0.05, 0.1) is 12.8 Å². The van der Waals surface area contributed by atoms with Crippen LogP contribution in [-0.2, 0) is 10.0 Å². The highest BCUT2D eigenvalue weighted by molar-refractivity contribution is 7.92. The summed E-state index contributed by atoms with van der Waals surface area (Å²) in [5, 5.41) is 0. The van der Waals surface area contributed by atoms with Crippen molar-refractivity contribution < 1.29 is 53.0 Å². The molecular formula is C15H9F8NO4S. The predicted octanol–water partition coefficient (Wildman–Crippen LogP) is 4.13. The minimum atomic E-state index is -5.41. The molecule has 0 amide bonds. The number of rotatable bonds is 6. The quantitative estimate of drug-likeness (QED) is 0.408. The molecule has 2 aromatic rings. The maximum atomic E-state index is 14.1. The molecule has 0 aliphatic carbocycles. The van der Waals surface area contributed by atoms with Crippen LogP contribution in [0.2, 0.25) is 0 Å². The Bertz CT molecular complexity index is 1040. The number of sulfonamides is 1. The summed E-state index contributed by atoms with van der Waals surface area (Å²) in [5.41, 5.74) is -0.616. The van der Waals surface area contributed by atoms with E-state index in [-0.39, 0.29) is 5.75 Å². The van der Waals surface area contributed by atoms with E-state index >= 15 is 0 Å². The molecule has 2 rings (SSSR count). The van der Waals surface area contributed by atoms with Crippen LogP contribution in [0.15, 0.2) is 23.1 Å². The molecule has 0 bridgehead atoms. The molecule has 0 aliphatic heterocycles. The Morgan fingerprint density at radius 3 is 2.07 bits per heavy atom. The van der Waals surface area contributed by atoms with E-state index in [1.165, 1.54) is 4.72 Å². The second-order valence-electron chi connectivity index (χ2n) is 5.27. The van der Waals surface area contributed by atoms with Crippen LogP contribution in [0.4, 0.5) is 40.8 Å². The Balaban J connectivity index is 2.59. The fraction of sp³-hybridized carbons (Fsp3) is 0.200. The number of ether oxygens (including phenoxy) is 2. The lowest BCUT2D eigenvalue weighted by atomic mass is 10.3. The van der Waals surface area contributed by atoms with Crippen LogP contribution in [-0.4, -0.2) is 28.3 Å². The number of nitrogens with one attached hydrogen (secondary N) is 1. The van der Waals surface area contributed by atoms with Gasteiger partial charge < -0.3 is 9.47 Å². The summed E-state index contributed by atoms with van der Waals surface area (Å²) < 4.78 is 140. The fourth-order valence-electron chi connectivity index (χ4n) is 2.05. The summed E-state index contributed by atoms with van der Waals surface area (Å²) in [4.78, 5) is -2.07. The van der Waals surface area contributed by atoms with Crippen molar-refractivity contribution in [3.05, 3.63) is 47.3 Å². The van der Waals surface area contributed by atoms with Gasteiger partial charge in [0, 0.05) is 6.07 Å². The van der Waals surface area contributed by atoms with E-state index in [2.05, 4.69) is 9.47 Å². The number of halogens is 8. The minimum absolute atomic E-state index is 0.327. The molecule has 29 heavy (non-hydrogen) atoms. The number of benzene rings is 2. The molecule has 0 atom stereocenters. The summed E-state index contributed by atoms with van der Waals surface area (Å²) in [5.74, 6) is -13.7. The van der Waals surface area contributed by atoms with Crippen molar-refractivity contribution in [2.24, 2.45) is 0 Å². The molecule has 160 valence electrons. The van der Waals surface area contributed by atoms with Gasteiger partial charge in [0.1, 0.15) is 0 Å². The normalized spacial score (nSPS) is 12.0. The number of methoxy groups -OCH3 is 1. The van der Waals surface area contributed by atoms with E-state index in [1.807, 2.05) is 0 Å². The summed E-state index contributed by atoms with van der Waals surface area (Å²) in [6.45, 7) is -2.34. The van der Waals surface area contributed by atoms with Gasteiger partial charge in [-0.25, -0.2) is 26.0 Å². The van der Waals surface area contributed by atoms with Gasteiger partial charge in [-0.3, -0.25) is 4.72 Å². The lowest BCUT2D eigenvalue weighted by Gasteiger charge is -2.17. The Labute approximate surface area is 157 Å². The first-order chi connectivity index (χ1) is 13.3. The van der Waals surface area contributed by atoms with Gasteiger partial charge in [-0.05, 0) is 12.1 Å². The molecule has 5 nitrogen and oxygen atoms in total. The molecule has 0 saturated carbocycles. The van der Waals surface area contributed by atoms with E-state index in [1.54, 1.807) is 0 Å². The Morgan fingerprint density at radius 1 is 0.966 bits per heavy atom. The highest BCUT2D eigenvalue weighted by Crippen LogP contribution is 2.36. The molecule has 2 aromatic carbocycles. The van der Waals surface area contributed by atoms with Crippen molar-refractivity contribution in [3.63, 3.8) is 0 Å². The minimum Gasteiger partial charge on any atom is -0.494 e. The lowest BCUT2D eigenvalue weighted by Crippen LogP contribution is -2.24. The molecule has 14 heteroatoms. The maximum absolute atomic E-state index is 14.1. The second kappa shape index (κ2) is 7.93. The van der Waals surface area contributed by atoms with Crippen LogP contribution >= 0.6 is 0 Å². The first-order valence-electron chi connectivity index (χ1n) is 7.20. The first kappa shape index (κ1) is 22.5. The molecule has 0 saturated heterocycles. The van der Waals surface area contributed by atoms with E-state index in [9.17, 15) is 43.5 Å². The van der Waals surface area contributed by atoms with Crippen molar-refractivity contribution >= 4 is 15.7 Å². The molecular weight excluding hydrogens is 442 g/mol. The van der Waals surface area contributed by atoms with Gasteiger partial charge in [-0.15, -0.1) is 0 Å². The van der Waals surface area contributed by atoms with Crippen LogP contribution in [0.5, 0.6) is 11.5 Å². The van der Waals surface area contributed by atoms with E-state index in [4.69, 9.17) is 0 Å². The molecule has 0 unspecified atom stereocenters. The third-order valence-corrected chi connectivity index (χ3v) is 4.64. The highest BCUT2D eigenvalue weighted by atomic mass is 32.2. The zero-order chi connectivity index (χ0) is 22.1. The topological polar surface area (TPSA) is 64.6 Å². The van der Waals surface area contributed by atoms with Crippen LogP contribution in [0.1, 0.15) is 0 Å². The largest absolute Gasteiger partial charge is 0.494 e. The van der Waals surface area contributed by atoms with Gasteiger partial charge in [0.15, 0.2) is 40.5 Å². The number of hydrogen-bond donors (Lipinski definition) is 1. The Morgan fingerprint density at radius 2 is 1.55 bits per heavy atom. The van der Waals surface area contributed by atoms with Gasteiger partial charge in [-0.1, -0.05) is 0 Å². The summed E-state index contributed by atoms with van der Waals surface area (Å²) in [7, 11) is -4.32. The molecule has 0 spiro atoms. The van der Waals surface area contributed by atoms with Crippen LogP contribution in [0, 0.1) is 29.1 Å². The number of alkyl halides is 3. The highest BCUT2D eigenvalue weighted by Gasteiger charge is 2.37. The first-order valence-corrected chi connectivity index (χ1v) is 8.68. The van der Waals surface area contributed by atoms with Gasteiger partial charge in [-0.2, -0.15) is 17.6 Å². The maximum Gasteiger partial charge on any atom is 0.422 e. The predicted molar refractivity (Wildman–Crippen MR) is 81.6 cm³/mol. The van der Waals surface area contributed by atoms with Crippen molar-refractivity contribution in [3.8, 4) is 11.5 Å². The zero-order valence-electron chi connectivity index (χ0n) is 14.0. The molecule has 0 radical (unpaired) electrons. The number of hydrogen-bond acceptors (Lipinski definition) is 4. The summed E-state index contributed by atoms with van der Waals surface area (Å²) >= 11 is 0. The monoisotopic (exact) mass is 451 g/mol. The zero-order valence-corrected chi connectivity index (χ0v) is 14.8. The van der Waals surface area contributed by atoms with Crippen molar-refractivity contribution in [1.29, 1.82) is 0 Å². The summed E-state index contributed by atoms with van der Waals surface area (Å²) in [6.07, 6.45) is -5.15. The standard InChI is InChI=1S/C15H9F8NO4S/c1-27-8-3-2-6(4-7(8)16)24-29(25,26)14-12(20)10(18)9(17)11(19)13(14)28-5-15(21,22)23/h2-4,24H,5H2,1H3. The van der Waals surface area contributed by atoms with Crippen molar-refractivity contribution in [2.45, 2.75) is 11.1 Å². The van der Waals surface area contributed by atoms with Crippen molar-refractivity contribution in [1.82, 2.24) is 0 Å². The molecule has 0 aliphatic rings. The molecule has 0 aromatic heterocycles. The van der Waals surface area contributed by atoms with Crippen LogP contribution in [0.3, 0.4) is 0 Å². The SMILES string of the molecule is COc1ccc(NS(=O)(=O)c2c(F)c(F)c(F)c(F)c2OCC(F)(F)F)cc1F. The second-order valence-corrected chi connectivity index (χ2v) is 6.89. The van der Waals surface area contributed by atoms with Gasteiger partial charge in [0.2, 0.25) is 11.6 Å². The van der Waals surface area contributed by atoms with Gasteiger partial charge in [0.25, 0.3) is 10.0 Å². The Hall–Kier alpha value is -2.77. The molecule has 1 N–H and O–H groups in total. The van der Waals surface area contributed by atoms with Gasteiger partial charge >= 0.3 is 6.18 Å². The lowest BCUT2D eigenvalue weighted by molar-refractivity contribution is -0.154. The van der Waals surface area contributed by atoms with Crippen LogP contribution in [0.25, 0.3) is 0 Å². The molecule has 0 heterocycles. The third kappa shape index (κ3) is 4.81. The van der Waals surface area contributed by atoms with E-state index in [0.717, 1.165) is 19.2 Å². The van der Waals surface area contributed by atoms with Crippen LogP contribution < -0.4 is 14.2 Å². The average molecular weight is 451 g/mol. The van der Waals surface area contributed by atoms with E-state index < -0.39 is 68.2 Å².